The Bertz CT molecular complexity index is 168. The van der Waals surface area contributed by atoms with Gasteiger partial charge in [-0.05, 0) is 38.5 Å². The minimum Gasteiger partial charge on any atom is -0.427 e. The lowest BCUT2D eigenvalue weighted by molar-refractivity contribution is 0.0648. The van der Waals surface area contributed by atoms with Crippen molar-refractivity contribution in [2.75, 3.05) is 46.6 Å². The van der Waals surface area contributed by atoms with Crippen LogP contribution in [0.15, 0.2) is 0 Å². The molecule has 110 valence electrons. The lowest BCUT2D eigenvalue weighted by Gasteiger charge is -2.21. The Morgan fingerprint density at radius 2 is 2.00 bits per heavy atom. The highest BCUT2D eigenvalue weighted by atomic mass is 28.2. The van der Waals surface area contributed by atoms with Crippen LogP contribution in [0.3, 0.4) is 0 Å². The van der Waals surface area contributed by atoms with E-state index in [2.05, 4.69) is 18.7 Å². The second-order valence-corrected chi connectivity index (χ2v) is 6.33. The Morgan fingerprint density at radius 1 is 1.28 bits per heavy atom. The van der Waals surface area contributed by atoms with Gasteiger partial charge in [0.2, 0.25) is 0 Å². The van der Waals surface area contributed by atoms with Gasteiger partial charge in [-0.3, -0.25) is 0 Å². The standard InChI is InChI=1S/C13H31NO3Si/c1-4-14(5-2)8-7-13(11-15)12-17-9-6-10-18-16-3/h13,15H,4-12,18H2,1-3H3. The molecule has 4 nitrogen and oxygen atoms in total. The van der Waals surface area contributed by atoms with Gasteiger partial charge in [0.25, 0.3) is 0 Å². The topological polar surface area (TPSA) is 41.9 Å². The van der Waals surface area contributed by atoms with E-state index in [-0.39, 0.29) is 22.3 Å². The molecule has 0 radical (unpaired) electrons. The molecular formula is C13H31NO3Si. The summed E-state index contributed by atoms with van der Waals surface area (Å²) in [4.78, 5) is 2.38. The summed E-state index contributed by atoms with van der Waals surface area (Å²) in [7, 11) is 1.49. The van der Waals surface area contributed by atoms with Crippen molar-refractivity contribution in [1.29, 1.82) is 0 Å². The molecule has 0 heterocycles. The van der Waals surface area contributed by atoms with E-state index in [0.29, 0.717) is 6.61 Å². The second kappa shape index (κ2) is 13.5. The zero-order valence-electron chi connectivity index (χ0n) is 12.4. The molecule has 5 heteroatoms. The van der Waals surface area contributed by atoms with Crippen LogP contribution in [0, 0.1) is 5.92 Å². The quantitative estimate of drug-likeness (QED) is 0.401. The number of aliphatic hydroxyl groups is 1. The van der Waals surface area contributed by atoms with E-state index in [1.54, 1.807) is 7.11 Å². The number of aliphatic hydroxyl groups excluding tert-OH is 1. The molecular weight excluding hydrogens is 246 g/mol. The van der Waals surface area contributed by atoms with Crippen molar-refractivity contribution >= 4 is 9.76 Å². The second-order valence-electron chi connectivity index (χ2n) is 4.64. The van der Waals surface area contributed by atoms with Crippen LogP contribution in [0.25, 0.3) is 0 Å². The first-order chi connectivity index (χ1) is 8.78. The van der Waals surface area contributed by atoms with Gasteiger partial charge in [-0.25, -0.2) is 0 Å². The number of hydrogen-bond acceptors (Lipinski definition) is 4. The predicted molar refractivity (Wildman–Crippen MR) is 78.8 cm³/mol. The fourth-order valence-electron chi connectivity index (χ4n) is 1.83. The van der Waals surface area contributed by atoms with Crippen molar-refractivity contribution in [3.8, 4) is 0 Å². The fraction of sp³-hybridized carbons (Fsp3) is 1.00. The van der Waals surface area contributed by atoms with Crippen LogP contribution in [0.1, 0.15) is 26.7 Å². The Morgan fingerprint density at radius 3 is 2.56 bits per heavy atom. The zero-order valence-corrected chi connectivity index (χ0v) is 13.8. The van der Waals surface area contributed by atoms with Gasteiger partial charge in [0.05, 0.1) is 6.61 Å². The van der Waals surface area contributed by atoms with Crippen LogP contribution in [-0.2, 0) is 9.16 Å². The molecule has 0 aromatic carbocycles. The first kappa shape index (κ1) is 18.1. The summed E-state index contributed by atoms with van der Waals surface area (Å²) in [5, 5.41) is 9.31. The summed E-state index contributed by atoms with van der Waals surface area (Å²) in [6.45, 7) is 9.28. The molecule has 0 amide bonds. The minimum absolute atomic E-state index is 0.230. The van der Waals surface area contributed by atoms with Crippen molar-refractivity contribution < 1.29 is 14.3 Å². The third-order valence-electron chi connectivity index (χ3n) is 3.25. The van der Waals surface area contributed by atoms with Gasteiger partial charge >= 0.3 is 0 Å². The molecule has 0 saturated heterocycles. The average molecular weight is 277 g/mol. The lowest BCUT2D eigenvalue weighted by atomic mass is 10.1. The molecule has 0 bridgehead atoms. The molecule has 18 heavy (non-hydrogen) atoms. The van der Waals surface area contributed by atoms with Crippen LogP contribution in [0.5, 0.6) is 0 Å². The molecule has 0 aliphatic rings. The van der Waals surface area contributed by atoms with E-state index in [4.69, 9.17) is 9.16 Å². The molecule has 0 spiro atoms. The monoisotopic (exact) mass is 277 g/mol. The van der Waals surface area contributed by atoms with Gasteiger partial charge in [-0.15, -0.1) is 0 Å². The fourth-order valence-corrected chi connectivity index (χ4v) is 2.53. The summed E-state index contributed by atoms with van der Waals surface area (Å²) in [6, 6.07) is 1.18. The highest BCUT2D eigenvalue weighted by molar-refractivity contribution is 6.26. The summed E-state index contributed by atoms with van der Waals surface area (Å²) in [5.74, 6) is 0.283. The maximum absolute atomic E-state index is 9.31. The van der Waals surface area contributed by atoms with Crippen LogP contribution in [0.2, 0.25) is 6.04 Å². The maximum atomic E-state index is 9.31. The van der Waals surface area contributed by atoms with E-state index in [1.807, 2.05) is 0 Å². The zero-order chi connectivity index (χ0) is 13.6. The Labute approximate surface area is 115 Å². The van der Waals surface area contributed by atoms with Crippen molar-refractivity contribution in [1.82, 2.24) is 4.90 Å². The molecule has 0 saturated carbocycles. The first-order valence-electron chi connectivity index (χ1n) is 7.18. The van der Waals surface area contributed by atoms with E-state index in [0.717, 1.165) is 39.1 Å². The molecule has 0 fully saturated rings. The van der Waals surface area contributed by atoms with Crippen molar-refractivity contribution in [3.05, 3.63) is 0 Å². The molecule has 0 aliphatic heterocycles. The van der Waals surface area contributed by atoms with Crippen molar-refractivity contribution in [2.24, 2.45) is 5.92 Å². The summed E-state index contributed by atoms with van der Waals surface area (Å²) >= 11 is 0. The van der Waals surface area contributed by atoms with Gasteiger partial charge < -0.3 is 19.2 Å². The molecule has 0 aromatic rings. The Hall–Kier alpha value is 0.0569. The highest BCUT2D eigenvalue weighted by Gasteiger charge is 2.09. The summed E-state index contributed by atoms with van der Waals surface area (Å²) < 4.78 is 10.7. The van der Waals surface area contributed by atoms with Crippen LogP contribution in [-0.4, -0.2) is 66.3 Å². The SMILES string of the molecule is CCN(CC)CCC(CO)COCCC[SiH2]OC. The summed E-state index contributed by atoms with van der Waals surface area (Å²) in [5.41, 5.74) is 0. The minimum atomic E-state index is -0.294. The van der Waals surface area contributed by atoms with Gasteiger partial charge in [-0.2, -0.15) is 0 Å². The Kier molecular flexibility index (Phi) is 13.5. The Balaban J connectivity index is 3.51. The predicted octanol–water partition coefficient (Wildman–Crippen LogP) is 0.882. The number of rotatable bonds is 13. The normalized spacial score (nSPS) is 13.8. The maximum Gasteiger partial charge on any atom is 0.161 e. The largest absolute Gasteiger partial charge is 0.427 e. The van der Waals surface area contributed by atoms with Gasteiger partial charge in [-0.1, -0.05) is 13.8 Å². The molecule has 0 aromatic heterocycles. The lowest BCUT2D eigenvalue weighted by Crippen LogP contribution is -2.27. The van der Waals surface area contributed by atoms with Gasteiger partial charge in [0.15, 0.2) is 9.76 Å². The average Bonchev–Trinajstić information content (AvgIpc) is 2.41. The number of ether oxygens (including phenoxy) is 1. The van der Waals surface area contributed by atoms with Crippen LogP contribution < -0.4 is 0 Å². The van der Waals surface area contributed by atoms with Gasteiger partial charge in [0.1, 0.15) is 0 Å². The van der Waals surface area contributed by atoms with Crippen LogP contribution in [0.4, 0.5) is 0 Å². The molecule has 1 atom stereocenters. The molecule has 0 rings (SSSR count). The van der Waals surface area contributed by atoms with Crippen molar-refractivity contribution in [2.45, 2.75) is 32.7 Å². The first-order valence-corrected chi connectivity index (χ1v) is 8.76. The van der Waals surface area contributed by atoms with Gasteiger partial charge in [0, 0.05) is 26.2 Å². The molecule has 0 aliphatic carbocycles. The third kappa shape index (κ3) is 10.0. The van der Waals surface area contributed by atoms with E-state index in [1.165, 1.54) is 6.04 Å². The van der Waals surface area contributed by atoms with E-state index >= 15 is 0 Å². The number of nitrogens with zero attached hydrogens (tertiary/aromatic N) is 1. The van der Waals surface area contributed by atoms with Crippen molar-refractivity contribution in [3.63, 3.8) is 0 Å². The highest BCUT2D eigenvalue weighted by Crippen LogP contribution is 2.05. The molecule has 1 N–H and O–H groups in total. The summed E-state index contributed by atoms with van der Waals surface area (Å²) in [6.07, 6.45) is 2.11. The smallest absolute Gasteiger partial charge is 0.161 e. The molecule has 1 unspecified atom stereocenters. The van der Waals surface area contributed by atoms with Crippen LogP contribution >= 0.6 is 0 Å². The van der Waals surface area contributed by atoms with E-state index < -0.39 is 0 Å². The van der Waals surface area contributed by atoms with E-state index in [9.17, 15) is 5.11 Å². The third-order valence-corrected chi connectivity index (χ3v) is 4.44. The number of hydrogen-bond donors (Lipinski definition) is 1.